The van der Waals surface area contributed by atoms with E-state index in [0.717, 1.165) is 68.4 Å². The monoisotopic (exact) mass is 383 g/mol. The van der Waals surface area contributed by atoms with Crippen molar-refractivity contribution in [3.63, 3.8) is 0 Å². The van der Waals surface area contributed by atoms with Gasteiger partial charge in [-0.05, 0) is 37.5 Å². The third-order valence-corrected chi connectivity index (χ3v) is 5.85. The van der Waals surface area contributed by atoms with E-state index >= 15 is 0 Å². The van der Waals surface area contributed by atoms with Gasteiger partial charge < -0.3 is 19.5 Å². The molecule has 0 radical (unpaired) electrons. The quantitative estimate of drug-likeness (QED) is 0.826. The van der Waals surface area contributed by atoms with Gasteiger partial charge in [0.25, 0.3) is 0 Å². The molecule has 2 aromatic rings. The zero-order valence-electron chi connectivity index (χ0n) is 16.7. The number of ether oxygens (including phenoxy) is 3. The molecular weight excluding hydrogens is 354 g/mol. The summed E-state index contributed by atoms with van der Waals surface area (Å²) in [5, 5.41) is 3.61. The molecule has 4 rings (SSSR count). The normalized spacial score (nSPS) is 21.6. The number of likely N-dealkylation sites (tertiary alicyclic amines) is 1. The van der Waals surface area contributed by atoms with E-state index in [1.807, 2.05) is 24.3 Å². The highest BCUT2D eigenvalue weighted by Crippen LogP contribution is 2.37. The van der Waals surface area contributed by atoms with Crippen LogP contribution in [0.3, 0.4) is 0 Å². The predicted octanol–water partition coefficient (Wildman–Crippen LogP) is 3.33. The average Bonchev–Trinajstić information content (AvgIpc) is 3.12. The van der Waals surface area contributed by atoms with E-state index in [0.29, 0.717) is 6.04 Å². The number of aromatic nitrogens is 1. The maximum absolute atomic E-state index is 6.31. The van der Waals surface area contributed by atoms with E-state index in [1.165, 1.54) is 0 Å². The van der Waals surface area contributed by atoms with Crippen molar-refractivity contribution < 1.29 is 14.2 Å². The van der Waals surface area contributed by atoms with Gasteiger partial charge in [0.15, 0.2) is 0 Å². The lowest BCUT2D eigenvalue weighted by atomic mass is 9.87. The molecule has 6 nitrogen and oxygen atoms in total. The fourth-order valence-corrected chi connectivity index (χ4v) is 4.32. The minimum Gasteiger partial charge on any atom is -0.497 e. The zero-order chi connectivity index (χ0) is 19.4. The number of benzene rings is 1. The molecule has 0 saturated carbocycles. The molecule has 0 aliphatic carbocycles. The van der Waals surface area contributed by atoms with Crippen LogP contribution in [0.1, 0.15) is 24.8 Å². The Balaban J connectivity index is 1.31. The van der Waals surface area contributed by atoms with Crippen molar-refractivity contribution in [1.82, 2.24) is 9.88 Å². The molecule has 1 aromatic carbocycles. The van der Waals surface area contributed by atoms with Crippen LogP contribution < -0.4 is 14.8 Å². The molecule has 1 N–H and O–H groups in total. The minimum absolute atomic E-state index is 0.00601. The van der Waals surface area contributed by atoms with Crippen molar-refractivity contribution in [2.45, 2.75) is 37.5 Å². The third kappa shape index (κ3) is 4.23. The number of nitrogens with one attached hydrogen (secondary N) is 1. The van der Waals surface area contributed by atoms with E-state index in [2.05, 4.69) is 27.3 Å². The Labute approximate surface area is 166 Å². The summed E-state index contributed by atoms with van der Waals surface area (Å²) in [6, 6.07) is 12.5. The number of piperidine rings is 1. The number of hydrogen-bond donors (Lipinski definition) is 1. The van der Waals surface area contributed by atoms with Gasteiger partial charge in [-0.2, -0.15) is 0 Å². The summed E-state index contributed by atoms with van der Waals surface area (Å²) < 4.78 is 17.0. The third-order valence-electron chi connectivity index (χ3n) is 5.85. The number of hydrogen-bond acceptors (Lipinski definition) is 6. The summed E-state index contributed by atoms with van der Waals surface area (Å²) in [6.07, 6.45) is 4.95. The van der Waals surface area contributed by atoms with E-state index in [9.17, 15) is 0 Å². The second-order valence-electron chi connectivity index (χ2n) is 7.72. The maximum atomic E-state index is 6.31. The summed E-state index contributed by atoms with van der Waals surface area (Å²) in [5.74, 6) is 1.60. The van der Waals surface area contributed by atoms with Crippen LogP contribution in [0.25, 0.3) is 0 Å². The van der Waals surface area contributed by atoms with Crippen LogP contribution in [-0.4, -0.2) is 55.4 Å². The second-order valence-corrected chi connectivity index (χ2v) is 7.72. The van der Waals surface area contributed by atoms with Gasteiger partial charge in [0.2, 0.25) is 5.88 Å². The van der Waals surface area contributed by atoms with Gasteiger partial charge >= 0.3 is 0 Å². The molecule has 0 amide bonds. The Hall–Kier alpha value is -2.31. The lowest BCUT2D eigenvalue weighted by molar-refractivity contribution is -0.0449. The van der Waals surface area contributed by atoms with Gasteiger partial charge in [-0.25, -0.2) is 4.98 Å². The zero-order valence-corrected chi connectivity index (χ0v) is 16.7. The van der Waals surface area contributed by atoms with E-state index in [4.69, 9.17) is 14.2 Å². The van der Waals surface area contributed by atoms with Gasteiger partial charge in [0, 0.05) is 43.1 Å². The van der Waals surface area contributed by atoms with Crippen LogP contribution in [0.2, 0.25) is 0 Å². The standard InChI is InChI=1S/C22H29N3O3/c1-26-20-7-3-6-18(13-20)24-19-14-22(28-16-19)8-11-25(12-9-22)15-17-5-4-10-23-21(17)27-2/h3-7,10,13,19,24H,8-9,11-12,14-16H2,1-2H3/t19-/m1/s1. The number of rotatable bonds is 6. The molecule has 1 aromatic heterocycles. The number of methoxy groups -OCH3 is 2. The predicted molar refractivity (Wildman–Crippen MR) is 109 cm³/mol. The summed E-state index contributed by atoms with van der Waals surface area (Å²) in [4.78, 5) is 6.77. The molecule has 2 saturated heterocycles. The fraction of sp³-hybridized carbons (Fsp3) is 0.500. The van der Waals surface area contributed by atoms with Gasteiger partial charge in [0.1, 0.15) is 5.75 Å². The number of pyridine rings is 1. The highest BCUT2D eigenvalue weighted by atomic mass is 16.5. The molecule has 3 heterocycles. The van der Waals surface area contributed by atoms with Gasteiger partial charge in [-0.15, -0.1) is 0 Å². The van der Waals surface area contributed by atoms with Gasteiger partial charge in [-0.3, -0.25) is 4.90 Å². The van der Waals surface area contributed by atoms with E-state index in [1.54, 1.807) is 20.4 Å². The second kappa shape index (κ2) is 8.37. The topological polar surface area (TPSA) is 55.8 Å². The number of anilines is 1. The first kappa shape index (κ1) is 19.0. The molecule has 6 heteroatoms. The lowest BCUT2D eigenvalue weighted by Gasteiger charge is -2.38. The Kier molecular flexibility index (Phi) is 5.69. The first-order valence-electron chi connectivity index (χ1n) is 9.94. The SMILES string of the molecule is COc1cccc(N[C@H]2COC3(CCN(Cc4cccnc4OC)CC3)C2)c1. The fourth-order valence-electron chi connectivity index (χ4n) is 4.32. The Morgan fingerprint density at radius 2 is 2.04 bits per heavy atom. The molecule has 28 heavy (non-hydrogen) atoms. The molecule has 1 atom stereocenters. The van der Waals surface area contributed by atoms with Crippen molar-refractivity contribution in [2.24, 2.45) is 0 Å². The smallest absolute Gasteiger partial charge is 0.217 e. The molecule has 0 unspecified atom stereocenters. The Morgan fingerprint density at radius 1 is 1.18 bits per heavy atom. The summed E-state index contributed by atoms with van der Waals surface area (Å²) in [5.41, 5.74) is 2.24. The van der Waals surface area contributed by atoms with E-state index in [-0.39, 0.29) is 5.60 Å². The highest BCUT2D eigenvalue weighted by Gasteiger charge is 2.42. The summed E-state index contributed by atoms with van der Waals surface area (Å²) in [7, 11) is 3.38. The molecule has 150 valence electrons. The molecule has 1 spiro atoms. The van der Waals surface area contributed by atoms with Gasteiger partial charge in [0.05, 0.1) is 32.5 Å². The maximum Gasteiger partial charge on any atom is 0.217 e. The van der Waals surface area contributed by atoms with Crippen LogP contribution in [0.5, 0.6) is 11.6 Å². The summed E-state index contributed by atoms with van der Waals surface area (Å²) in [6.45, 7) is 3.69. The molecule has 2 aliphatic rings. The molecule has 2 aliphatic heterocycles. The minimum atomic E-state index is 0.00601. The average molecular weight is 383 g/mol. The largest absolute Gasteiger partial charge is 0.497 e. The van der Waals surface area contributed by atoms with Crippen LogP contribution in [-0.2, 0) is 11.3 Å². The highest BCUT2D eigenvalue weighted by molar-refractivity contribution is 5.49. The van der Waals surface area contributed by atoms with Crippen LogP contribution >= 0.6 is 0 Å². The van der Waals surface area contributed by atoms with Crippen molar-refractivity contribution in [3.8, 4) is 11.6 Å². The lowest BCUT2D eigenvalue weighted by Crippen LogP contribution is -2.44. The Morgan fingerprint density at radius 3 is 2.82 bits per heavy atom. The first-order valence-corrected chi connectivity index (χ1v) is 9.94. The first-order chi connectivity index (χ1) is 13.7. The number of nitrogens with zero attached hydrogens (tertiary/aromatic N) is 2. The molecule has 0 bridgehead atoms. The van der Waals surface area contributed by atoms with Crippen molar-refractivity contribution >= 4 is 5.69 Å². The Bertz CT molecular complexity index is 790. The summed E-state index contributed by atoms with van der Waals surface area (Å²) >= 11 is 0. The van der Waals surface area contributed by atoms with Crippen molar-refractivity contribution in [3.05, 3.63) is 48.2 Å². The van der Waals surface area contributed by atoms with Crippen molar-refractivity contribution in [2.75, 3.05) is 39.2 Å². The van der Waals surface area contributed by atoms with Gasteiger partial charge in [-0.1, -0.05) is 12.1 Å². The van der Waals surface area contributed by atoms with Crippen LogP contribution in [0.4, 0.5) is 5.69 Å². The molecular formula is C22H29N3O3. The van der Waals surface area contributed by atoms with Crippen LogP contribution in [0.15, 0.2) is 42.6 Å². The van der Waals surface area contributed by atoms with Crippen molar-refractivity contribution in [1.29, 1.82) is 0 Å². The van der Waals surface area contributed by atoms with E-state index < -0.39 is 0 Å². The van der Waals surface area contributed by atoms with Crippen LogP contribution in [0, 0.1) is 0 Å². The molecule has 2 fully saturated rings.